The monoisotopic (exact) mass is 376 g/mol. The summed E-state index contributed by atoms with van der Waals surface area (Å²) in [7, 11) is 1.61. The highest BCUT2D eigenvalue weighted by Crippen LogP contribution is 2.33. The number of hydrogen-bond acceptors (Lipinski definition) is 5. The molecule has 6 heteroatoms. The van der Waals surface area contributed by atoms with Gasteiger partial charge in [-0.3, -0.25) is 0 Å². The second-order valence-electron chi connectivity index (χ2n) is 6.62. The molecule has 0 unspecified atom stereocenters. The Kier molecular flexibility index (Phi) is 7.21. The lowest BCUT2D eigenvalue weighted by Gasteiger charge is -2.19. The highest BCUT2D eigenvalue weighted by atomic mass is 35.5. The van der Waals surface area contributed by atoms with E-state index in [0.29, 0.717) is 28.8 Å². The standard InChI is InChI=1S/C20H29ClN4O/c1-7-13(8-2)22-19-20(26-6)25-17(15(9-3)24-19)14-10-11-16(12(4)5)23-18(14)21/h10-13H,7-9H2,1-6H3,(H,22,24). The van der Waals surface area contributed by atoms with E-state index in [-0.39, 0.29) is 0 Å². The van der Waals surface area contributed by atoms with E-state index < -0.39 is 0 Å². The van der Waals surface area contributed by atoms with Gasteiger partial charge in [0.2, 0.25) is 0 Å². The summed E-state index contributed by atoms with van der Waals surface area (Å²) in [6.45, 7) is 10.6. The van der Waals surface area contributed by atoms with E-state index in [1.165, 1.54) is 0 Å². The first kappa shape index (κ1) is 20.4. The molecule has 142 valence electrons. The molecule has 5 nitrogen and oxygen atoms in total. The summed E-state index contributed by atoms with van der Waals surface area (Å²) in [5.41, 5.74) is 3.35. The molecule has 0 saturated heterocycles. The Hall–Kier alpha value is -1.88. The predicted molar refractivity (Wildman–Crippen MR) is 108 cm³/mol. The van der Waals surface area contributed by atoms with E-state index in [1.54, 1.807) is 7.11 Å². The third-order valence-electron chi connectivity index (χ3n) is 4.51. The molecule has 0 aliphatic heterocycles. The van der Waals surface area contributed by atoms with Crippen LogP contribution in [0, 0.1) is 0 Å². The molecule has 0 amide bonds. The van der Waals surface area contributed by atoms with Gasteiger partial charge in [-0.15, -0.1) is 0 Å². The molecule has 0 aliphatic rings. The number of nitrogens with one attached hydrogen (secondary N) is 1. The number of aryl methyl sites for hydroxylation is 1. The Balaban J connectivity index is 2.52. The number of halogens is 1. The molecule has 0 atom stereocenters. The van der Waals surface area contributed by atoms with Crippen LogP contribution in [-0.2, 0) is 6.42 Å². The molecular formula is C20H29ClN4O. The molecule has 0 radical (unpaired) electrons. The van der Waals surface area contributed by atoms with Crippen molar-refractivity contribution in [1.29, 1.82) is 0 Å². The van der Waals surface area contributed by atoms with Crippen molar-refractivity contribution in [1.82, 2.24) is 15.0 Å². The molecule has 0 bridgehead atoms. The van der Waals surface area contributed by atoms with Crippen LogP contribution >= 0.6 is 11.6 Å². The zero-order chi connectivity index (χ0) is 19.3. The average Bonchev–Trinajstić information content (AvgIpc) is 2.65. The molecule has 2 aromatic rings. The summed E-state index contributed by atoms with van der Waals surface area (Å²) in [5.74, 6) is 1.48. The summed E-state index contributed by atoms with van der Waals surface area (Å²) in [5, 5.41) is 3.89. The van der Waals surface area contributed by atoms with Crippen LogP contribution in [0.1, 0.15) is 64.8 Å². The minimum atomic E-state index is 0.319. The Labute approximate surface area is 161 Å². The number of nitrogens with zero attached hydrogens (tertiary/aromatic N) is 3. The lowest BCUT2D eigenvalue weighted by Crippen LogP contribution is -2.19. The second-order valence-corrected chi connectivity index (χ2v) is 6.98. The molecule has 26 heavy (non-hydrogen) atoms. The average molecular weight is 377 g/mol. The molecule has 0 fully saturated rings. The van der Waals surface area contributed by atoms with Gasteiger partial charge in [0.15, 0.2) is 5.82 Å². The van der Waals surface area contributed by atoms with Crippen molar-refractivity contribution in [2.24, 2.45) is 0 Å². The van der Waals surface area contributed by atoms with Crippen molar-refractivity contribution >= 4 is 17.4 Å². The first-order chi connectivity index (χ1) is 12.4. The highest BCUT2D eigenvalue weighted by Gasteiger charge is 2.19. The van der Waals surface area contributed by atoms with Crippen LogP contribution < -0.4 is 10.1 Å². The van der Waals surface area contributed by atoms with Crippen molar-refractivity contribution in [3.8, 4) is 17.1 Å². The fourth-order valence-electron chi connectivity index (χ4n) is 2.79. The minimum absolute atomic E-state index is 0.319. The highest BCUT2D eigenvalue weighted by molar-refractivity contribution is 6.32. The van der Waals surface area contributed by atoms with Crippen LogP contribution in [-0.4, -0.2) is 28.1 Å². The van der Waals surface area contributed by atoms with Gasteiger partial charge in [-0.25, -0.2) is 15.0 Å². The third kappa shape index (κ3) is 4.44. The molecule has 0 spiro atoms. The fourth-order valence-corrected chi connectivity index (χ4v) is 3.04. The Morgan fingerprint density at radius 1 is 1.08 bits per heavy atom. The molecule has 0 aliphatic carbocycles. The third-order valence-corrected chi connectivity index (χ3v) is 4.80. The van der Waals surface area contributed by atoms with Crippen molar-refractivity contribution in [2.45, 2.75) is 65.8 Å². The molecule has 2 aromatic heterocycles. The first-order valence-corrected chi connectivity index (χ1v) is 9.71. The molecule has 2 heterocycles. The van der Waals surface area contributed by atoms with Gasteiger partial charge in [0.1, 0.15) is 5.15 Å². The van der Waals surface area contributed by atoms with Crippen LogP contribution in [0.25, 0.3) is 11.3 Å². The summed E-state index contributed by atoms with van der Waals surface area (Å²) in [6, 6.07) is 4.31. The largest absolute Gasteiger partial charge is 0.478 e. The predicted octanol–water partition coefficient (Wildman–Crippen LogP) is 5.49. The zero-order valence-corrected chi connectivity index (χ0v) is 17.3. The van der Waals surface area contributed by atoms with E-state index in [0.717, 1.165) is 41.9 Å². The summed E-state index contributed by atoms with van der Waals surface area (Å²) in [4.78, 5) is 14.0. The van der Waals surface area contributed by atoms with Crippen LogP contribution in [0.15, 0.2) is 12.1 Å². The summed E-state index contributed by atoms with van der Waals surface area (Å²) >= 11 is 6.47. The molecule has 0 saturated carbocycles. The van der Waals surface area contributed by atoms with Crippen molar-refractivity contribution in [2.75, 3.05) is 12.4 Å². The number of anilines is 1. The van der Waals surface area contributed by atoms with E-state index >= 15 is 0 Å². The van der Waals surface area contributed by atoms with Crippen LogP contribution in [0.3, 0.4) is 0 Å². The number of pyridine rings is 1. The van der Waals surface area contributed by atoms with Gasteiger partial charge < -0.3 is 10.1 Å². The molecule has 1 N–H and O–H groups in total. The molecular weight excluding hydrogens is 348 g/mol. The number of aromatic nitrogens is 3. The van der Waals surface area contributed by atoms with E-state index in [4.69, 9.17) is 26.3 Å². The van der Waals surface area contributed by atoms with Crippen molar-refractivity contribution < 1.29 is 4.74 Å². The quantitative estimate of drug-likeness (QED) is 0.617. The van der Waals surface area contributed by atoms with Crippen molar-refractivity contribution in [3.63, 3.8) is 0 Å². The van der Waals surface area contributed by atoms with Gasteiger partial charge >= 0.3 is 0 Å². The Morgan fingerprint density at radius 3 is 2.27 bits per heavy atom. The fraction of sp³-hybridized carbons (Fsp3) is 0.550. The van der Waals surface area contributed by atoms with Gasteiger partial charge in [0, 0.05) is 17.3 Å². The Morgan fingerprint density at radius 2 is 1.77 bits per heavy atom. The normalized spacial score (nSPS) is 11.3. The number of methoxy groups -OCH3 is 1. The maximum Gasteiger partial charge on any atom is 0.257 e. The summed E-state index contributed by atoms with van der Waals surface area (Å²) in [6.07, 6.45) is 2.76. The maximum absolute atomic E-state index is 6.47. The summed E-state index contributed by atoms with van der Waals surface area (Å²) < 4.78 is 5.50. The molecule has 2 rings (SSSR count). The zero-order valence-electron chi connectivity index (χ0n) is 16.6. The number of hydrogen-bond donors (Lipinski definition) is 1. The van der Waals surface area contributed by atoms with E-state index in [9.17, 15) is 0 Å². The van der Waals surface area contributed by atoms with Gasteiger partial charge in [-0.1, -0.05) is 46.2 Å². The minimum Gasteiger partial charge on any atom is -0.478 e. The molecule has 0 aromatic carbocycles. The van der Waals surface area contributed by atoms with Crippen LogP contribution in [0.5, 0.6) is 5.88 Å². The lowest BCUT2D eigenvalue weighted by molar-refractivity contribution is 0.397. The van der Waals surface area contributed by atoms with Crippen LogP contribution in [0.2, 0.25) is 5.15 Å². The van der Waals surface area contributed by atoms with Gasteiger partial charge in [0.05, 0.1) is 18.5 Å². The Bertz CT molecular complexity index is 745. The van der Waals surface area contributed by atoms with Crippen LogP contribution in [0.4, 0.5) is 5.82 Å². The SMILES string of the molecule is CCc1nc(NC(CC)CC)c(OC)nc1-c1ccc(C(C)C)nc1Cl. The van der Waals surface area contributed by atoms with Gasteiger partial charge in [-0.05, 0) is 37.3 Å². The van der Waals surface area contributed by atoms with E-state index in [2.05, 4.69) is 44.9 Å². The number of rotatable bonds is 8. The van der Waals surface area contributed by atoms with Gasteiger partial charge in [0.25, 0.3) is 5.88 Å². The topological polar surface area (TPSA) is 59.9 Å². The lowest BCUT2D eigenvalue weighted by atomic mass is 10.1. The first-order valence-electron chi connectivity index (χ1n) is 9.33. The van der Waals surface area contributed by atoms with E-state index in [1.807, 2.05) is 12.1 Å². The smallest absolute Gasteiger partial charge is 0.257 e. The van der Waals surface area contributed by atoms with Crippen molar-refractivity contribution in [3.05, 3.63) is 28.7 Å². The second kappa shape index (κ2) is 9.17. The maximum atomic E-state index is 6.47. The number of ether oxygens (including phenoxy) is 1. The van der Waals surface area contributed by atoms with Gasteiger partial charge in [-0.2, -0.15) is 0 Å².